The average molecular weight is 385 g/mol. The minimum Gasteiger partial charge on any atom is -0.350 e. The summed E-state index contributed by atoms with van der Waals surface area (Å²) < 4.78 is 0.488. The number of carbonyl (C=O) groups is 2. The van der Waals surface area contributed by atoms with Crippen molar-refractivity contribution in [3.8, 4) is 0 Å². The molecular weight excluding hydrogens is 367 g/mol. The zero-order valence-corrected chi connectivity index (χ0v) is 15.5. The highest BCUT2D eigenvalue weighted by atomic mass is 35.5. The van der Waals surface area contributed by atoms with E-state index >= 15 is 0 Å². The van der Waals surface area contributed by atoms with Crippen LogP contribution in [0.1, 0.15) is 36.9 Å². The number of hydrogen-bond acceptors (Lipinski definition) is 3. The summed E-state index contributed by atoms with van der Waals surface area (Å²) in [7, 11) is 0. The van der Waals surface area contributed by atoms with Crippen molar-refractivity contribution in [1.29, 1.82) is 0 Å². The molecule has 2 aliphatic rings. The lowest BCUT2D eigenvalue weighted by Crippen LogP contribution is -2.46. The number of fused-ring (bicyclic) bond motifs is 1. The largest absolute Gasteiger partial charge is 0.350 e. The van der Waals surface area contributed by atoms with E-state index in [1.165, 1.54) is 11.8 Å². The van der Waals surface area contributed by atoms with Gasteiger partial charge in [0, 0.05) is 17.9 Å². The van der Waals surface area contributed by atoms with Crippen LogP contribution in [0, 0.1) is 0 Å². The Labute approximate surface area is 155 Å². The smallest absolute Gasteiger partial charge is 0.234 e. The lowest BCUT2D eigenvalue weighted by molar-refractivity contribution is -0.124. The molecule has 1 heterocycles. The van der Waals surface area contributed by atoms with E-state index in [2.05, 4.69) is 10.6 Å². The molecule has 128 valence electrons. The second-order valence-corrected chi connectivity index (χ2v) is 8.18. The van der Waals surface area contributed by atoms with Crippen molar-refractivity contribution in [2.24, 2.45) is 0 Å². The van der Waals surface area contributed by atoms with Gasteiger partial charge in [0.25, 0.3) is 0 Å². The quantitative estimate of drug-likeness (QED) is 0.835. The zero-order valence-electron chi connectivity index (χ0n) is 13.1. The summed E-state index contributed by atoms with van der Waals surface area (Å²) in [5.74, 6) is -0.124. The molecule has 1 aromatic carbocycles. The molecule has 1 aliphatic carbocycles. The van der Waals surface area contributed by atoms with Gasteiger partial charge in [-0.3, -0.25) is 9.59 Å². The van der Waals surface area contributed by atoms with E-state index in [0.717, 1.165) is 11.1 Å². The van der Waals surface area contributed by atoms with Crippen molar-refractivity contribution in [3.63, 3.8) is 0 Å². The minimum absolute atomic E-state index is 0.0288. The van der Waals surface area contributed by atoms with Crippen LogP contribution < -0.4 is 10.6 Å². The summed E-state index contributed by atoms with van der Waals surface area (Å²) in [6.07, 6.45) is 1.55. The van der Waals surface area contributed by atoms with Gasteiger partial charge in [-0.1, -0.05) is 66.2 Å². The van der Waals surface area contributed by atoms with Crippen LogP contribution in [0.25, 0.3) is 0 Å². The molecule has 0 spiro atoms. The number of allylic oxidation sites excluding steroid dienone is 1. The van der Waals surface area contributed by atoms with Gasteiger partial charge in [0.15, 0.2) is 0 Å². The third-order valence-corrected chi connectivity index (χ3v) is 6.48. The highest BCUT2D eigenvalue weighted by Gasteiger charge is 2.37. The molecule has 1 aromatic rings. The number of amides is 2. The molecule has 1 aliphatic heterocycles. The van der Waals surface area contributed by atoms with E-state index in [-0.39, 0.29) is 29.1 Å². The van der Waals surface area contributed by atoms with Crippen molar-refractivity contribution in [1.82, 2.24) is 10.6 Å². The number of hydrogen-bond donors (Lipinski definition) is 2. The van der Waals surface area contributed by atoms with Crippen molar-refractivity contribution < 1.29 is 9.59 Å². The Morgan fingerprint density at radius 3 is 2.62 bits per heavy atom. The van der Waals surface area contributed by atoms with Gasteiger partial charge < -0.3 is 10.6 Å². The number of rotatable bonds is 4. The Morgan fingerprint density at radius 1 is 1.21 bits per heavy atom. The molecule has 0 saturated heterocycles. The first-order chi connectivity index (χ1) is 11.5. The summed E-state index contributed by atoms with van der Waals surface area (Å²) in [6, 6.07) is 7.59. The number of carbonyl (C=O) groups excluding carboxylic acids is 2. The molecule has 3 atom stereocenters. The van der Waals surface area contributed by atoms with Gasteiger partial charge in [-0.15, -0.1) is 0 Å². The lowest BCUT2D eigenvalue weighted by atomic mass is 10.1. The van der Waals surface area contributed by atoms with Crippen LogP contribution in [0.15, 0.2) is 33.7 Å². The van der Waals surface area contributed by atoms with E-state index in [9.17, 15) is 9.59 Å². The summed E-state index contributed by atoms with van der Waals surface area (Å²) in [5.41, 5.74) is 2.22. The summed E-state index contributed by atoms with van der Waals surface area (Å²) in [5, 5.41) is 6.32. The Balaban J connectivity index is 1.72. The number of halogens is 2. The van der Waals surface area contributed by atoms with E-state index in [4.69, 9.17) is 23.2 Å². The summed E-state index contributed by atoms with van der Waals surface area (Å²) >= 11 is 13.3. The van der Waals surface area contributed by atoms with E-state index in [0.29, 0.717) is 28.7 Å². The van der Waals surface area contributed by atoms with Crippen molar-refractivity contribution in [2.45, 2.75) is 43.5 Å². The fourth-order valence-corrected chi connectivity index (χ4v) is 4.74. The van der Waals surface area contributed by atoms with Gasteiger partial charge in [0.05, 0.1) is 21.7 Å². The molecule has 2 N–H and O–H groups in total. The maximum Gasteiger partial charge on any atom is 0.234 e. The van der Waals surface area contributed by atoms with Gasteiger partial charge in [-0.25, -0.2) is 0 Å². The molecule has 3 unspecified atom stereocenters. The molecule has 24 heavy (non-hydrogen) atoms. The molecule has 0 saturated carbocycles. The summed E-state index contributed by atoms with van der Waals surface area (Å²) in [6.45, 7) is 1.81. The predicted octanol–water partition coefficient (Wildman–Crippen LogP) is 3.45. The molecule has 0 bridgehead atoms. The monoisotopic (exact) mass is 384 g/mol. The van der Waals surface area contributed by atoms with Crippen LogP contribution in [0.3, 0.4) is 0 Å². The van der Waals surface area contributed by atoms with Crippen LogP contribution in [-0.4, -0.2) is 23.1 Å². The predicted molar refractivity (Wildman–Crippen MR) is 98.0 cm³/mol. The standard InChI is InChI=1S/C17H18Cl2N2O2S/c1-2-14(22)21-15-10-6-4-3-5-9(10)7-12(15)20-17(23)13-8-11(18)16(19)24-13/h3-6,12-13,15H,2,7-8H2,1H3,(H,20,23)(H,21,22). The Morgan fingerprint density at radius 2 is 1.96 bits per heavy atom. The van der Waals surface area contributed by atoms with Gasteiger partial charge >= 0.3 is 0 Å². The first-order valence-corrected chi connectivity index (χ1v) is 9.51. The van der Waals surface area contributed by atoms with E-state index in [1.807, 2.05) is 31.2 Å². The number of nitrogens with one attached hydrogen (secondary N) is 2. The van der Waals surface area contributed by atoms with Crippen LogP contribution in [0.2, 0.25) is 0 Å². The molecule has 3 rings (SSSR count). The topological polar surface area (TPSA) is 58.2 Å². The zero-order chi connectivity index (χ0) is 17.3. The normalized spacial score (nSPS) is 25.5. The number of benzene rings is 1. The minimum atomic E-state index is -0.309. The SMILES string of the molecule is CCC(=O)NC1c2ccccc2CC1NC(=O)C1CC(Cl)=C(Cl)S1. The van der Waals surface area contributed by atoms with E-state index < -0.39 is 0 Å². The molecule has 0 radical (unpaired) electrons. The lowest BCUT2D eigenvalue weighted by Gasteiger charge is -2.24. The van der Waals surface area contributed by atoms with Crippen LogP contribution in [-0.2, 0) is 16.0 Å². The Bertz CT molecular complexity index is 694. The van der Waals surface area contributed by atoms with Crippen molar-refractivity contribution in [2.75, 3.05) is 0 Å². The van der Waals surface area contributed by atoms with Crippen LogP contribution in [0.5, 0.6) is 0 Å². The average Bonchev–Trinajstić information content (AvgIpc) is 3.08. The first-order valence-electron chi connectivity index (χ1n) is 7.88. The molecule has 7 heteroatoms. The maximum atomic E-state index is 12.6. The highest BCUT2D eigenvalue weighted by molar-refractivity contribution is 8.06. The fourth-order valence-electron chi connectivity index (χ4n) is 3.08. The van der Waals surface area contributed by atoms with E-state index in [1.54, 1.807) is 0 Å². The van der Waals surface area contributed by atoms with Gasteiger partial charge in [0.1, 0.15) is 0 Å². The Hall–Kier alpha value is -1.17. The van der Waals surface area contributed by atoms with Gasteiger partial charge in [-0.05, 0) is 17.5 Å². The number of thioether (sulfide) groups is 1. The van der Waals surface area contributed by atoms with Gasteiger partial charge in [-0.2, -0.15) is 0 Å². The second-order valence-electron chi connectivity index (χ2n) is 5.91. The Kier molecular flexibility index (Phi) is 5.42. The highest BCUT2D eigenvalue weighted by Crippen LogP contribution is 2.42. The van der Waals surface area contributed by atoms with Crippen molar-refractivity contribution >= 4 is 46.8 Å². The van der Waals surface area contributed by atoms with Crippen molar-refractivity contribution in [3.05, 3.63) is 44.8 Å². The fraction of sp³-hybridized carbons (Fsp3) is 0.412. The maximum absolute atomic E-state index is 12.6. The molecular formula is C17H18Cl2N2O2S. The van der Waals surface area contributed by atoms with Gasteiger partial charge in [0.2, 0.25) is 11.8 Å². The third-order valence-electron chi connectivity index (χ3n) is 4.31. The first kappa shape index (κ1) is 17.6. The van der Waals surface area contributed by atoms with Crippen LogP contribution >= 0.6 is 35.0 Å². The molecule has 0 fully saturated rings. The summed E-state index contributed by atoms with van der Waals surface area (Å²) in [4.78, 5) is 24.4. The van der Waals surface area contributed by atoms with Crippen LogP contribution in [0.4, 0.5) is 0 Å². The third kappa shape index (κ3) is 3.58. The second kappa shape index (κ2) is 7.38. The molecule has 4 nitrogen and oxygen atoms in total. The molecule has 2 amide bonds. The molecule has 0 aromatic heterocycles.